The van der Waals surface area contributed by atoms with Crippen molar-refractivity contribution in [3.63, 3.8) is 0 Å². The highest BCUT2D eigenvalue weighted by atomic mass is 33.1. The van der Waals surface area contributed by atoms with Gasteiger partial charge in [-0.25, -0.2) is 4.79 Å². The van der Waals surface area contributed by atoms with Crippen LogP contribution in [-0.4, -0.2) is 102 Å². The summed E-state index contributed by atoms with van der Waals surface area (Å²) < 4.78 is 49.8. The number of nitrogens with one attached hydrogen (secondary N) is 1. The fourth-order valence-corrected chi connectivity index (χ4v) is 13.7. The van der Waals surface area contributed by atoms with Crippen molar-refractivity contribution < 1.29 is 32.9 Å². The van der Waals surface area contributed by atoms with Gasteiger partial charge in [0.1, 0.15) is 44.2 Å². The van der Waals surface area contributed by atoms with Crippen LogP contribution in [0.2, 0.25) is 0 Å². The number of hydrogen-bond acceptors (Lipinski definition) is 12. The Kier molecular flexibility index (Phi) is 15.7. The maximum atomic E-state index is 13.6. The number of ether oxygens (including phenoxy) is 6. The Morgan fingerprint density at radius 3 is 1.97 bits per heavy atom. The summed E-state index contributed by atoms with van der Waals surface area (Å²) in [6, 6.07) is 27.1. The Bertz CT molecular complexity index is 2090. The maximum Gasteiger partial charge on any atom is 0.330 e. The van der Waals surface area contributed by atoms with Crippen LogP contribution in [0.15, 0.2) is 101 Å². The number of H-pyrrole nitrogens is 1. The highest BCUT2D eigenvalue weighted by Crippen LogP contribution is 2.65. The Hall–Kier alpha value is -3.61. The van der Waals surface area contributed by atoms with E-state index in [1.165, 1.54) is 16.8 Å². The molecule has 2 aliphatic rings. The normalized spacial score (nSPS) is 23.8. The molecule has 322 valence electrons. The second-order valence-corrected chi connectivity index (χ2v) is 20.1. The van der Waals surface area contributed by atoms with Crippen molar-refractivity contribution in [3.8, 4) is 23.8 Å². The molecule has 3 heterocycles. The summed E-state index contributed by atoms with van der Waals surface area (Å²) in [5.41, 5.74) is 0.277. The van der Waals surface area contributed by atoms with Gasteiger partial charge in [-0.15, -0.1) is 6.42 Å². The van der Waals surface area contributed by atoms with Gasteiger partial charge in [0.15, 0.2) is 6.23 Å². The number of methoxy groups -OCH3 is 3. The topological polar surface area (TPSA) is 123 Å². The molecular weight excluding hydrogens is 822 g/mol. The van der Waals surface area contributed by atoms with E-state index in [4.69, 9.17) is 39.4 Å². The summed E-state index contributed by atoms with van der Waals surface area (Å²) in [5.74, 6) is 5.41. The molecule has 0 spiro atoms. The highest BCUT2D eigenvalue weighted by molar-refractivity contribution is 8.76. The number of terminal acetylenes is 1. The number of benzene rings is 3. The van der Waals surface area contributed by atoms with E-state index in [0.717, 1.165) is 16.7 Å². The molecule has 7 atom stereocenters. The minimum absolute atomic E-state index is 0.0242. The lowest BCUT2D eigenvalue weighted by Crippen LogP contribution is -2.54. The standard InChI is InChI=1S/C45H56N3O9PS2/c1-10-26-54-37-28-59-60-29-38(37)57-58(48(30(2)3)31(4)5)44(6)39(56-42(41(44)53-9)47-25-24-40(49)46-43(47)50)27-55-45(32-14-12-11-13-15-32,33-16-20-35(51-7)21-17-33)34-18-22-36(52-8)23-19-34/h1,11-25,30-31,37-39,41-42H,26-29H2,2-9H3,(H,46,49,50). The van der Waals surface area contributed by atoms with Crippen LogP contribution in [-0.2, 0) is 29.1 Å². The van der Waals surface area contributed by atoms with Gasteiger partial charge in [0.2, 0.25) is 0 Å². The average molecular weight is 878 g/mol. The van der Waals surface area contributed by atoms with Gasteiger partial charge in [-0.05, 0) is 75.6 Å². The van der Waals surface area contributed by atoms with Crippen LogP contribution in [0, 0.1) is 12.3 Å². The first-order chi connectivity index (χ1) is 28.9. The van der Waals surface area contributed by atoms with Crippen molar-refractivity contribution >= 4 is 29.9 Å². The smallest absolute Gasteiger partial charge is 0.330 e. The third-order valence-electron chi connectivity index (χ3n) is 11.1. The molecule has 2 saturated heterocycles. The van der Waals surface area contributed by atoms with Gasteiger partial charge in [0, 0.05) is 43.0 Å². The van der Waals surface area contributed by atoms with E-state index in [1.807, 2.05) is 78.9 Å². The molecule has 0 saturated carbocycles. The van der Waals surface area contributed by atoms with Crippen LogP contribution >= 0.6 is 29.9 Å². The highest BCUT2D eigenvalue weighted by Gasteiger charge is 2.63. The van der Waals surface area contributed by atoms with Crippen LogP contribution in [0.1, 0.15) is 57.5 Å². The fourth-order valence-electron chi connectivity index (χ4n) is 8.17. The van der Waals surface area contributed by atoms with E-state index in [-0.39, 0.29) is 37.5 Å². The second kappa shape index (κ2) is 20.5. The van der Waals surface area contributed by atoms with E-state index in [2.05, 4.69) is 50.2 Å². The van der Waals surface area contributed by atoms with Crippen LogP contribution in [0.3, 0.4) is 0 Å². The van der Waals surface area contributed by atoms with Crippen molar-refractivity contribution in [1.82, 2.24) is 14.2 Å². The van der Waals surface area contributed by atoms with Gasteiger partial charge in [-0.1, -0.05) is 82.1 Å². The Morgan fingerprint density at radius 1 is 0.883 bits per heavy atom. The molecular formula is C45H56N3O9PS2. The Balaban J connectivity index is 1.56. The Labute approximate surface area is 362 Å². The van der Waals surface area contributed by atoms with Crippen molar-refractivity contribution in [2.24, 2.45) is 0 Å². The number of aromatic nitrogens is 2. The third kappa shape index (κ3) is 9.41. The van der Waals surface area contributed by atoms with E-state index in [9.17, 15) is 9.59 Å². The monoisotopic (exact) mass is 877 g/mol. The first-order valence-electron chi connectivity index (χ1n) is 20.0. The van der Waals surface area contributed by atoms with Gasteiger partial charge in [-0.3, -0.25) is 19.0 Å². The molecule has 4 aromatic rings. The van der Waals surface area contributed by atoms with E-state index in [0.29, 0.717) is 23.0 Å². The molecule has 12 nitrogen and oxygen atoms in total. The van der Waals surface area contributed by atoms with E-state index >= 15 is 0 Å². The minimum atomic E-state index is -1.66. The van der Waals surface area contributed by atoms with Crippen molar-refractivity contribution in [3.05, 3.63) is 129 Å². The lowest BCUT2D eigenvalue weighted by atomic mass is 9.80. The number of nitrogens with zero attached hydrogens (tertiary/aromatic N) is 2. The fraction of sp³-hybridized carbons (Fsp3) is 0.467. The van der Waals surface area contributed by atoms with E-state index < -0.39 is 48.7 Å². The average Bonchev–Trinajstić information content (AvgIpc) is 3.54. The summed E-state index contributed by atoms with van der Waals surface area (Å²) >= 11 is 0. The summed E-state index contributed by atoms with van der Waals surface area (Å²) in [4.78, 5) is 28.4. The zero-order valence-corrected chi connectivity index (χ0v) is 38.0. The molecule has 60 heavy (non-hydrogen) atoms. The largest absolute Gasteiger partial charge is 0.497 e. The summed E-state index contributed by atoms with van der Waals surface area (Å²) in [7, 11) is 6.71. The first kappa shape index (κ1) is 45.9. The lowest BCUT2D eigenvalue weighted by Gasteiger charge is -2.50. The zero-order chi connectivity index (χ0) is 43.0. The zero-order valence-electron chi connectivity index (χ0n) is 35.4. The van der Waals surface area contributed by atoms with Crippen molar-refractivity contribution in [2.45, 2.75) is 88.1 Å². The summed E-state index contributed by atoms with van der Waals surface area (Å²) in [6.45, 7) is 10.9. The maximum absolute atomic E-state index is 13.6. The third-order valence-corrected chi connectivity index (χ3v) is 16.6. The van der Waals surface area contributed by atoms with Gasteiger partial charge in [-0.2, -0.15) is 0 Å². The van der Waals surface area contributed by atoms with Gasteiger partial charge in [0.25, 0.3) is 5.56 Å². The van der Waals surface area contributed by atoms with Crippen molar-refractivity contribution in [1.29, 1.82) is 0 Å². The molecule has 7 unspecified atom stereocenters. The molecule has 0 radical (unpaired) electrons. The lowest BCUT2D eigenvalue weighted by molar-refractivity contribution is -0.0923. The van der Waals surface area contributed by atoms with Gasteiger partial charge >= 0.3 is 5.69 Å². The SMILES string of the molecule is C#CCOC1CSSCC1OP(N(C(C)C)C(C)C)C1(C)C(COC(c2ccccc2)(c2ccc(OC)cc2)c2ccc(OC)cc2)OC(n2ccc(=O)[nH]c2=O)C1OC. The molecule has 0 aliphatic carbocycles. The van der Waals surface area contributed by atoms with E-state index in [1.54, 1.807) is 42.9 Å². The molecule has 15 heteroatoms. The molecule has 1 N–H and O–H groups in total. The van der Waals surface area contributed by atoms with Gasteiger partial charge in [0.05, 0.1) is 38.2 Å². The molecule has 1 aromatic heterocycles. The predicted molar refractivity (Wildman–Crippen MR) is 240 cm³/mol. The molecule has 3 aromatic carbocycles. The second-order valence-electron chi connectivity index (χ2n) is 15.3. The molecule has 2 fully saturated rings. The summed E-state index contributed by atoms with van der Waals surface area (Å²) in [6.07, 6.45) is 4.08. The van der Waals surface area contributed by atoms with Crippen LogP contribution < -0.4 is 20.7 Å². The van der Waals surface area contributed by atoms with Crippen LogP contribution in [0.5, 0.6) is 11.5 Å². The van der Waals surface area contributed by atoms with Crippen LogP contribution in [0.4, 0.5) is 0 Å². The minimum Gasteiger partial charge on any atom is -0.497 e. The quantitative estimate of drug-likeness (QED) is 0.0462. The molecule has 0 amide bonds. The Morgan fingerprint density at radius 2 is 1.45 bits per heavy atom. The number of aromatic amines is 1. The predicted octanol–water partition coefficient (Wildman–Crippen LogP) is 7.46. The number of rotatable bonds is 18. The molecule has 6 rings (SSSR count). The van der Waals surface area contributed by atoms with Gasteiger partial charge < -0.3 is 32.9 Å². The number of hydrogen-bond donors (Lipinski definition) is 1. The van der Waals surface area contributed by atoms with Crippen molar-refractivity contribution in [2.75, 3.05) is 46.0 Å². The summed E-state index contributed by atoms with van der Waals surface area (Å²) in [5, 5.41) is -0.979. The molecule has 0 bridgehead atoms. The van der Waals surface area contributed by atoms with Crippen LogP contribution in [0.25, 0.3) is 0 Å². The molecule has 2 aliphatic heterocycles. The first-order valence-corrected chi connectivity index (χ1v) is 23.7.